The van der Waals surface area contributed by atoms with Crippen LogP contribution < -0.4 is 5.56 Å². The summed E-state index contributed by atoms with van der Waals surface area (Å²) in [7, 11) is 0. The minimum atomic E-state index is -1.10. The Balaban J connectivity index is 1.17. The number of para-hydroxylation sites is 1. The second-order valence-corrected chi connectivity index (χ2v) is 12.1. The standard InChI is InChI=1S/C38H34ClNO7/c1-23(46-38(44)47-29-10-3-2-4-11-29)45-36(42)19-24-8-7-9-27(18-24)32-21-28-20-31(33(39)22-34(28)40-37(32)43)26-16-14-25(15-17-26)30-12-5-6-13-35(30)41/h5-9,12-18,20-23,29,41H,2-4,10-11,19H2,1H3,(H,40,43). The maximum Gasteiger partial charge on any atom is 0.511 e. The van der Waals surface area contributed by atoms with Crippen molar-refractivity contribution >= 4 is 34.6 Å². The number of aromatic hydroxyl groups is 1. The highest BCUT2D eigenvalue weighted by molar-refractivity contribution is 6.34. The van der Waals surface area contributed by atoms with Gasteiger partial charge in [-0.2, -0.15) is 0 Å². The van der Waals surface area contributed by atoms with Crippen molar-refractivity contribution in [2.75, 3.05) is 0 Å². The molecule has 9 heteroatoms. The molecule has 0 spiro atoms. The summed E-state index contributed by atoms with van der Waals surface area (Å²) < 4.78 is 15.7. The van der Waals surface area contributed by atoms with Gasteiger partial charge in [0.05, 0.1) is 11.4 Å². The number of nitrogens with one attached hydrogen (secondary N) is 1. The van der Waals surface area contributed by atoms with E-state index in [2.05, 4.69) is 4.98 Å². The minimum Gasteiger partial charge on any atom is -0.507 e. The molecule has 4 aromatic carbocycles. The van der Waals surface area contributed by atoms with Crippen LogP contribution in [0.5, 0.6) is 5.75 Å². The van der Waals surface area contributed by atoms with Gasteiger partial charge in [-0.15, -0.1) is 0 Å². The zero-order valence-electron chi connectivity index (χ0n) is 25.8. The van der Waals surface area contributed by atoms with Gasteiger partial charge in [-0.3, -0.25) is 9.59 Å². The van der Waals surface area contributed by atoms with Gasteiger partial charge in [-0.05, 0) is 77.6 Å². The van der Waals surface area contributed by atoms with Crippen LogP contribution in [-0.2, 0) is 25.4 Å². The normalized spacial score (nSPS) is 14.0. The van der Waals surface area contributed by atoms with Crippen LogP contribution in [0.25, 0.3) is 44.3 Å². The number of pyridine rings is 1. The fourth-order valence-electron chi connectivity index (χ4n) is 5.96. The van der Waals surface area contributed by atoms with Gasteiger partial charge in [-0.25, -0.2) is 4.79 Å². The monoisotopic (exact) mass is 651 g/mol. The second-order valence-electron chi connectivity index (χ2n) is 11.7. The summed E-state index contributed by atoms with van der Waals surface area (Å²) in [5.74, 6) is -0.378. The highest BCUT2D eigenvalue weighted by Gasteiger charge is 2.22. The summed E-state index contributed by atoms with van der Waals surface area (Å²) >= 11 is 6.67. The smallest absolute Gasteiger partial charge is 0.507 e. The highest BCUT2D eigenvalue weighted by atomic mass is 35.5. The van der Waals surface area contributed by atoms with E-state index in [0.717, 1.165) is 59.7 Å². The molecule has 8 nitrogen and oxygen atoms in total. The lowest BCUT2D eigenvalue weighted by molar-refractivity contribution is -0.168. The number of halogens is 1. The molecule has 1 fully saturated rings. The zero-order valence-corrected chi connectivity index (χ0v) is 26.6. The number of rotatable bonds is 8. The van der Waals surface area contributed by atoms with Crippen LogP contribution in [0.15, 0.2) is 95.8 Å². The van der Waals surface area contributed by atoms with Crippen LogP contribution in [0.4, 0.5) is 4.79 Å². The van der Waals surface area contributed by atoms with E-state index in [1.165, 1.54) is 6.92 Å². The molecule has 6 rings (SSSR count). The molecule has 0 saturated heterocycles. The molecule has 1 unspecified atom stereocenters. The number of phenols is 1. The quantitative estimate of drug-likeness (QED) is 0.127. The Kier molecular flexibility index (Phi) is 9.59. The molecule has 5 aromatic rings. The van der Waals surface area contributed by atoms with E-state index in [9.17, 15) is 19.5 Å². The molecule has 240 valence electrons. The predicted octanol–water partition coefficient (Wildman–Crippen LogP) is 8.81. The number of hydrogen-bond donors (Lipinski definition) is 2. The van der Waals surface area contributed by atoms with Crippen LogP contribution in [0.3, 0.4) is 0 Å². The molecule has 1 aliphatic carbocycles. The molecule has 47 heavy (non-hydrogen) atoms. The molecular weight excluding hydrogens is 618 g/mol. The summed E-state index contributed by atoms with van der Waals surface area (Å²) in [5, 5.41) is 11.5. The molecule has 1 aliphatic rings. The fraction of sp³-hybridized carbons (Fsp3) is 0.237. The van der Waals surface area contributed by atoms with Gasteiger partial charge < -0.3 is 24.3 Å². The van der Waals surface area contributed by atoms with E-state index in [4.69, 9.17) is 25.8 Å². The topological polar surface area (TPSA) is 115 Å². The lowest BCUT2D eigenvalue weighted by Gasteiger charge is -2.22. The van der Waals surface area contributed by atoms with Gasteiger partial charge in [0.1, 0.15) is 11.9 Å². The minimum absolute atomic E-state index is 0.0821. The molecule has 0 bridgehead atoms. The Morgan fingerprint density at radius 2 is 1.53 bits per heavy atom. The van der Waals surface area contributed by atoms with E-state index >= 15 is 0 Å². The molecule has 0 radical (unpaired) electrons. The number of esters is 1. The zero-order chi connectivity index (χ0) is 32.9. The van der Waals surface area contributed by atoms with Gasteiger partial charge >= 0.3 is 12.1 Å². The average Bonchev–Trinajstić information content (AvgIpc) is 3.05. The summed E-state index contributed by atoms with van der Waals surface area (Å²) in [5.41, 5.74) is 5.25. The number of carbonyl (C=O) groups is 2. The number of carbonyl (C=O) groups excluding carboxylic acids is 2. The van der Waals surface area contributed by atoms with Gasteiger partial charge in [0.2, 0.25) is 6.29 Å². The number of phenolic OH excluding ortho intramolecular Hbond substituents is 1. The van der Waals surface area contributed by atoms with E-state index in [0.29, 0.717) is 27.2 Å². The average molecular weight is 652 g/mol. The van der Waals surface area contributed by atoms with Crippen LogP contribution in [0.1, 0.15) is 44.6 Å². The Morgan fingerprint density at radius 3 is 2.28 bits per heavy atom. The molecule has 0 aliphatic heterocycles. The third-order valence-electron chi connectivity index (χ3n) is 8.30. The summed E-state index contributed by atoms with van der Waals surface area (Å²) in [4.78, 5) is 40.8. The third kappa shape index (κ3) is 7.67. The Hall–Kier alpha value is -5.08. The van der Waals surface area contributed by atoms with E-state index < -0.39 is 18.4 Å². The first-order chi connectivity index (χ1) is 22.7. The van der Waals surface area contributed by atoms with Crippen LogP contribution in [-0.4, -0.2) is 34.6 Å². The maximum absolute atomic E-state index is 13.2. The number of aromatic nitrogens is 1. The van der Waals surface area contributed by atoms with Crippen molar-refractivity contribution in [2.24, 2.45) is 0 Å². The SMILES string of the molecule is CC(OC(=O)Cc1cccc(-c2cc3cc(-c4ccc(-c5ccccc5O)cc4)c(Cl)cc3[nH]c2=O)c1)OC(=O)OC1CCCCC1. The van der Waals surface area contributed by atoms with Crippen molar-refractivity contribution in [1.29, 1.82) is 0 Å². The van der Waals surface area contributed by atoms with Crippen molar-refractivity contribution < 1.29 is 28.9 Å². The number of H-pyrrole nitrogens is 1. The van der Waals surface area contributed by atoms with Crippen molar-refractivity contribution in [3.8, 4) is 39.1 Å². The largest absolute Gasteiger partial charge is 0.511 e. The molecule has 1 saturated carbocycles. The van der Waals surface area contributed by atoms with Gasteiger partial charge in [0.25, 0.3) is 5.56 Å². The molecule has 0 amide bonds. The Labute approximate surface area is 276 Å². The lowest BCUT2D eigenvalue weighted by atomic mass is 9.97. The van der Waals surface area contributed by atoms with Gasteiger partial charge in [0, 0.05) is 29.1 Å². The van der Waals surface area contributed by atoms with Gasteiger partial charge in [-0.1, -0.05) is 84.8 Å². The fourth-order valence-corrected chi connectivity index (χ4v) is 6.23. The number of aromatic amines is 1. The maximum atomic E-state index is 13.2. The Morgan fingerprint density at radius 1 is 0.830 bits per heavy atom. The molecule has 1 heterocycles. The van der Waals surface area contributed by atoms with E-state index in [-0.39, 0.29) is 23.8 Å². The van der Waals surface area contributed by atoms with E-state index in [1.54, 1.807) is 48.5 Å². The van der Waals surface area contributed by atoms with E-state index in [1.807, 2.05) is 42.5 Å². The lowest BCUT2D eigenvalue weighted by Crippen LogP contribution is -2.27. The number of benzene rings is 4. The second kappa shape index (κ2) is 14.1. The summed E-state index contributed by atoms with van der Waals surface area (Å²) in [6.07, 6.45) is 2.59. The van der Waals surface area contributed by atoms with Crippen molar-refractivity contribution in [3.63, 3.8) is 0 Å². The summed E-state index contributed by atoms with van der Waals surface area (Å²) in [6.45, 7) is 1.47. The first-order valence-electron chi connectivity index (χ1n) is 15.6. The highest BCUT2D eigenvalue weighted by Crippen LogP contribution is 2.35. The molecule has 1 atom stereocenters. The van der Waals surface area contributed by atoms with Crippen molar-refractivity contribution in [2.45, 2.75) is 57.8 Å². The van der Waals surface area contributed by atoms with Crippen LogP contribution >= 0.6 is 11.6 Å². The van der Waals surface area contributed by atoms with Crippen molar-refractivity contribution in [3.05, 3.63) is 112 Å². The summed E-state index contributed by atoms with van der Waals surface area (Å²) in [6, 6.07) is 27.4. The first kappa shape index (κ1) is 31.9. The molecule has 2 N–H and O–H groups in total. The molecular formula is C38H34ClNO7. The number of ether oxygens (including phenoxy) is 3. The molecule has 1 aromatic heterocycles. The predicted molar refractivity (Wildman–Crippen MR) is 181 cm³/mol. The number of fused-ring (bicyclic) bond motifs is 1. The third-order valence-corrected chi connectivity index (χ3v) is 8.62. The Bertz CT molecular complexity index is 1980. The van der Waals surface area contributed by atoms with Crippen LogP contribution in [0.2, 0.25) is 5.02 Å². The van der Waals surface area contributed by atoms with Crippen molar-refractivity contribution in [1.82, 2.24) is 4.98 Å². The van der Waals surface area contributed by atoms with Crippen LogP contribution in [0, 0.1) is 0 Å². The van der Waals surface area contributed by atoms with Gasteiger partial charge in [0.15, 0.2) is 0 Å². The number of hydrogen-bond acceptors (Lipinski definition) is 7. The first-order valence-corrected chi connectivity index (χ1v) is 16.0.